The standard InChI is InChI=1S/C40H34N4.4HI/c1-27-21-28(2)39(29(3)22-27)44(41)38-18-17-32-19-20-43(40(32)42-38)37-16-10-15-33(26-37)36-24-34(30-11-6-4-7-12-30)23-35(25-36)31-13-8-5-9-14-31;;;;/h4-26H,41H2,1-3H3;4*1H/p-2. The largest absolute Gasteiger partial charge is 1.00 e. The average molecular weight is 1080 g/mol. The summed E-state index contributed by atoms with van der Waals surface area (Å²) in [5, 5.41) is 3.15. The number of nitrogens with one attached hydrogen (secondary N) is 1. The molecule has 0 fully saturated rings. The van der Waals surface area contributed by atoms with Gasteiger partial charge < -0.3 is 95.9 Å². The number of nitrogens with zero attached hydrogens (tertiary/aromatic N) is 2. The number of halogens is 4. The number of H-pyrrole nitrogens is 1. The van der Waals surface area contributed by atoms with Gasteiger partial charge in [0.05, 0.1) is 11.6 Å². The molecule has 8 heteroatoms. The first-order valence-electron chi connectivity index (χ1n) is 15.0. The van der Waals surface area contributed by atoms with E-state index >= 15 is 0 Å². The smallest absolute Gasteiger partial charge is 0.276 e. The Morgan fingerprint density at radius 2 is 1.04 bits per heavy atom. The first-order chi connectivity index (χ1) is 21.4. The Morgan fingerprint density at radius 3 is 1.60 bits per heavy atom. The molecule has 0 aliphatic carbocycles. The lowest BCUT2D eigenvalue weighted by Crippen LogP contribution is -3.00. The molecule has 5 aromatic carbocycles. The quantitative estimate of drug-likeness (QED) is 0.138. The molecule has 0 atom stereocenters. The van der Waals surface area contributed by atoms with Crippen molar-refractivity contribution in [3.05, 3.63) is 156 Å². The van der Waals surface area contributed by atoms with Gasteiger partial charge in [-0.15, -0.1) is 0 Å². The van der Waals surface area contributed by atoms with Crippen LogP contribution in [0, 0.1) is 20.8 Å². The van der Waals surface area contributed by atoms with Crippen LogP contribution < -0.4 is 112 Å². The Labute approximate surface area is 351 Å². The van der Waals surface area contributed by atoms with E-state index in [-0.39, 0.29) is 95.9 Å². The molecule has 2 aromatic heterocycles. The molecule has 246 valence electrons. The third-order valence-corrected chi connectivity index (χ3v) is 8.39. The topological polar surface area (TPSA) is 50.0 Å². The Kier molecular flexibility index (Phi) is 14.5. The van der Waals surface area contributed by atoms with Crippen molar-refractivity contribution in [2.45, 2.75) is 20.8 Å². The summed E-state index contributed by atoms with van der Waals surface area (Å²) < 4.78 is 2.23. The highest BCUT2D eigenvalue weighted by Crippen LogP contribution is 2.34. The zero-order valence-electron chi connectivity index (χ0n) is 26.9. The van der Waals surface area contributed by atoms with Crippen molar-refractivity contribution >= 4 is 22.5 Å². The van der Waals surface area contributed by atoms with E-state index in [0.29, 0.717) is 0 Å². The minimum Gasteiger partial charge on any atom is -1.00 e. The molecule has 4 nitrogen and oxygen atoms in total. The van der Waals surface area contributed by atoms with E-state index in [1.807, 2.05) is 5.01 Å². The summed E-state index contributed by atoms with van der Waals surface area (Å²) in [5.41, 5.74) is 14.1. The van der Waals surface area contributed by atoms with Gasteiger partial charge in [0.15, 0.2) is 5.69 Å². The number of fused-ring (bicyclic) bond motifs is 1. The minimum atomic E-state index is 0. The zero-order valence-corrected chi connectivity index (χ0v) is 35.5. The summed E-state index contributed by atoms with van der Waals surface area (Å²) in [5.74, 6) is 5.37. The van der Waals surface area contributed by atoms with Crippen LogP contribution in [0.2, 0.25) is 0 Å². The third-order valence-electron chi connectivity index (χ3n) is 8.39. The third kappa shape index (κ3) is 8.25. The Balaban J connectivity index is 0.00000156. The molecule has 4 N–H and O–H groups in total. The van der Waals surface area contributed by atoms with Crippen LogP contribution in [0.4, 0.5) is 11.5 Å². The van der Waals surface area contributed by atoms with Crippen LogP contribution in [-0.2, 0) is 0 Å². The molecule has 48 heavy (non-hydrogen) atoms. The van der Waals surface area contributed by atoms with Crippen LogP contribution in [0.15, 0.2) is 140 Å². The fourth-order valence-electron chi connectivity index (χ4n) is 6.36. The summed E-state index contributed by atoms with van der Waals surface area (Å²) in [4.78, 5) is 3.69. The number of anilines is 2. The molecular weight excluding hydrogens is 1040 g/mol. The van der Waals surface area contributed by atoms with Crippen molar-refractivity contribution in [2.24, 2.45) is 0 Å². The van der Waals surface area contributed by atoms with Crippen molar-refractivity contribution in [1.29, 1.82) is 0 Å². The predicted octanol–water partition coefficient (Wildman–Crippen LogP) is -3.32. The maximum absolute atomic E-state index is 4.44. The summed E-state index contributed by atoms with van der Waals surface area (Å²) in [6, 6.07) is 47.7. The second kappa shape index (κ2) is 17.4. The van der Waals surface area contributed by atoms with Gasteiger partial charge in [0.25, 0.3) is 5.82 Å². The number of aryl methyl sites for hydroxylation is 3. The second-order valence-electron chi connectivity index (χ2n) is 11.6. The maximum atomic E-state index is 4.44. The molecule has 0 saturated heterocycles. The molecule has 0 radical (unpaired) electrons. The molecule has 0 aliphatic heterocycles. The Morgan fingerprint density at radius 1 is 0.521 bits per heavy atom. The number of aromatic nitrogens is 2. The van der Waals surface area contributed by atoms with Crippen LogP contribution >= 0.6 is 0 Å². The molecule has 7 aromatic rings. The number of rotatable bonds is 6. The summed E-state index contributed by atoms with van der Waals surface area (Å²) in [6.07, 6.45) is 2.13. The number of hydrogen-bond acceptors (Lipinski definition) is 1. The van der Waals surface area contributed by atoms with Crippen molar-refractivity contribution in [3.8, 4) is 39.1 Å². The summed E-state index contributed by atoms with van der Waals surface area (Å²) >= 11 is 0. The van der Waals surface area contributed by atoms with E-state index in [0.717, 1.165) is 28.2 Å². The first-order valence-corrected chi connectivity index (χ1v) is 15.0. The van der Waals surface area contributed by atoms with E-state index < -0.39 is 0 Å². The molecule has 0 spiro atoms. The van der Waals surface area contributed by atoms with Crippen molar-refractivity contribution in [1.82, 2.24) is 4.57 Å². The second-order valence-corrected chi connectivity index (χ2v) is 11.6. The van der Waals surface area contributed by atoms with E-state index in [2.05, 4.69) is 176 Å². The van der Waals surface area contributed by atoms with E-state index in [1.54, 1.807) is 0 Å². The SMILES string of the molecule is Cc1cc(C)c(N([NH3+])c2ccc3ccn(-c4cccc(-c5cc(-c6ccccc6)cc(-c6ccccc6)c5)c4)c3[nH+]2)c(C)c1.[I-].[I-].[I-].[I-]. The van der Waals surface area contributed by atoms with Crippen molar-refractivity contribution in [2.75, 3.05) is 5.01 Å². The van der Waals surface area contributed by atoms with Gasteiger partial charge in [-0.2, -0.15) is 0 Å². The number of pyridine rings is 1. The number of aromatic amines is 1. The first kappa shape index (κ1) is 39.9. The van der Waals surface area contributed by atoms with Crippen molar-refractivity contribution < 1.29 is 107 Å². The lowest BCUT2D eigenvalue weighted by Gasteiger charge is -2.15. The lowest BCUT2D eigenvalue weighted by atomic mass is 9.93. The van der Waals surface area contributed by atoms with Gasteiger partial charge in [0.2, 0.25) is 5.65 Å². The van der Waals surface area contributed by atoms with E-state index in [1.165, 1.54) is 50.1 Å². The van der Waals surface area contributed by atoms with Crippen LogP contribution in [-0.4, -0.2) is 4.57 Å². The minimum absolute atomic E-state index is 0. The highest BCUT2D eigenvalue weighted by atomic mass is 127. The molecule has 0 amide bonds. The zero-order chi connectivity index (χ0) is 30.2. The number of quaternary nitrogens is 1. The van der Waals surface area contributed by atoms with Gasteiger partial charge >= 0.3 is 0 Å². The molecule has 0 bridgehead atoms. The summed E-state index contributed by atoms with van der Waals surface area (Å²) in [6.45, 7) is 6.43. The predicted molar refractivity (Wildman–Crippen MR) is 182 cm³/mol. The molecule has 2 heterocycles. The fraction of sp³-hybridized carbons (Fsp3) is 0.0750. The van der Waals surface area contributed by atoms with Gasteiger partial charge in [-0.25, -0.2) is 15.4 Å². The molecule has 0 unspecified atom stereocenters. The fourth-order valence-corrected chi connectivity index (χ4v) is 6.36. The Hall–Kier alpha value is -2.53. The maximum Gasteiger partial charge on any atom is 0.276 e. The highest BCUT2D eigenvalue weighted by Gasteiger charge is 2.22. The molecule has 0 aliphatic rings. The van der Waals surface area contributed by atoms with Crippen LogP contribution in [0.25, 0.3) is 50.1 Å². The van der Waals surface area contributed by atoms with Crippen LogP contribution in [0.1, 0.15) is 16.7 Å². The summed E-state index contributed by atoms with van der Waals surface area (Å²) in [7, 11) is 0. The van der Waals surface area contributed by atoms with Gasteiger partial charge in [-0.3, -0.25) is 0 Å². The van der Waals surface area contributed by atoms with E-state index in [4.69, 9.17) is 0 Å². The number of benzene rings is 5. The van der Waals surface area contributed by atoms with Gasteiger partial charge in [-0.1, -0.05) is 95.5 Å². The normalized spacial score (nSPS) is 10.2. The Bertz CT molecular complexity index is 2050. The molecular formula is C40H36I4N4-2. The monoisotopic (exact) mass is 1080 g/mol. The highest BCUT2D eigenvalue weighted by molar-refractivity contribution is 5.82. The van der Waals surface area contributed by atoms with Crippen molar-refractivity contribution in [3.63, 3.8) is 0 Å². The van der Waals surface area contributed by atoms with Crippen LogP contribution in [0.5, 0.6) is 0 Å². The van der Waals surface area contributed by atoms with Gasteiger partial charge in [0.1, 0.15) is 5.69 Å². The number of hydrogen-bond donors (Lipinski definition) is 1. The molecule has 0 saturated carbocycles. The molecule has 7 rings (SSSR count). The van der Waals surface area contributed by atoms with Crippen LogP contribution in [0.3, 0.4) is 0 Å². The van der Waals surface area contributed by atoms with E-state index in [9.17, 15) is 0 Å². The average Bonchev–Trinajstić information content (AvgIpc) is 3.48. The van der Waals surface area contributed by atoms with Gasteiger partial charge in [-0.05, 0) is 108 Å². The lowest BCUT2D eigenvalue weighted by molar-refractivity contribution is -0.415. The van der Waals surface area contributed by atoms with Gasteiger partial charge in [0, 0.05) is 6.07 Å².